The van der Waals surface area contributed by atoms with E-state index in [-0.39, 0.29) is 6.61 Å². The van der Waals surface area contributed by atoms with E-state index in [1.807, 2.05) is 18.2 Å². The summed E-state index contributed by atoms with van der Waals surface area (Å²) in [6, 6.07) is 9.03. The van der Waals surface area contributed by atoms with Gasteiger partial charge in [0.05, 0.1) is 12.0 Å². The number of amides is 1. The normalized spacial score (nSPS) is 14.9. The van der Waals surface area contributed by atoms with Gasteiger partial charge < -0.3 is 10.8 Å². The van der Waals surface area contributed by atoms with Crippen LogP contribution < -0.4 is 5.73 Å². The summed E-state index contributed by atoms with van der Waals surface area (Å²) in [5.41, 5.74) is 4.98. The SMILES string of the molecule is CC(CO)(C(N)=O)c1ccccc1. The Hall–Kier alpha value is -1.35. The maximum Gasteiger partial charge on any atom is 0.230 e. The van der Waals surface area contributed by atoms with E-state index in [9.17, 15) is 4.79 Å². The Bertz CT molecular complexity index is 297. The summed E-state index contributed by atoms with van der Waals surface area (Å²) in [5.74, 6) is -0.513. The molecular weight excluding hydrogens is 166 g/mol. The van der Waals surface area contributed by atoms with Crippen molar-refractivity contribution in [2.24, 2.45) is 5.73 Å². The van der Waals surface area contributed by atoms with E-state index in [1.54, 1.807) is 19.1 Å². The molecule has 0 saturated carbocycles. The van der Waals surface area contributed by atoms with Gasteiger partial charge in [0.25, 0.3) is 0 Å². The molecule has 1 aromatic rings. The second-order valence-electron chi connectivity index (χ2n) is 3.22. The predicted molar refractivity (Wildman–Crippen MR) is 50.1 cm³/mol. The van der Waals surface area contributed by atoms with Crippen molar-refractivity contribution in [2.45, 2.75) is 12.3 Å². The van der Waals surface area contributed by atoms with Crippen molar-refractivity contribution in [3.8, 4) is 0 Å². The van der Waals surface area contributed by atoms with Crippen LogP contribution in [0, 0.1) is 0 Å². The van der Waals surface area contributed by atoms with Gasteiger partial charge in [0, 0.05) is 0 Å². The highest BCUT2D eigenvalue weighted by Gasteiger charge is 2.31. The van der Waals surface area contributed by atoms with E-state index in [1.165, 1.54) is 0 Å². The van der Waals surface area contributed by atoms with Crippen LogP contribution in [0.15, 0.2) is 30.3 Å². The van der Waals surface area contributed by atoms with Crippen LogP contribution in [0.2, 0.25) is 0 Å². The number of benzene rings is 1. The minimum absolute atomic E-state index is 0.271. The van der Waals surface area contributed by atoms with Gasteiger partial charge in [-0.3, -0.25) is 4.79 Å². The molecule has 70 valence electrons. The van der Waals surface area contributed by atoms with Crippen LogP contribution >= 0.6 is 0 Å². The molecule has 0 aromatic heterocycles. The maximum atomic E-state index is 11.1. The molecule has 13 heavy (non-hydrogen) atoms. The van der Waals surface area contributed by atoms with Gasteiger partial charge in [-0.2, -0.15) is 0 Å². The fourth-order valence-corrected chi connectivity index (χ4v) is 1.12. The van der Waals surface area contributed by atoms with Crippen LogP contribution in [0.1, 0.15) is 12.5 Å². The Kier molecular flexibility index (Phi) is 2.68. The second kappa shape index (κ2) is 3.58. The van der Waals surface area contributed by atoms with E-state index in [0.717, 1.165) is 5.56 Å². The van der Waals surface area contributed by atoms with Crippen LogP contribution in [0.3, 0.4) is 0 Å². The molecule has 3 heteroatoms. The van der Waals surface area contributed by atoms with Crippen molar-refractivity contribution in [3.05, 3.63) is 35.9 Å². The molecule has 1 rings (SSSR count). The van der Waals surface area contributed by atoms with Crippen molar-refractivity contribution >= 4 is 5.91 Å². The number of hydrogen-bond donors (Lipinski definition) is 2. The molecule has 0 heterocycles. The van der Waals surface area contributed by atoms with Crippen LogP contribution in [-0.2, 0) is 10.2 Å². The van der Waals surface area contributed by atoms with Gasteiger partial charge >= 0.3 is 0 Å². The Balaban J connectivity index is 3.11. The first-order chi connectivity index (χ1) is 6.11. The van der Waals surface area contributed by atoms with Crippen molar-refractivity contribution in [3.63, 3.8) is 0 Å². The summed E-state index contributed by atoms with van der Waals surface area (Å²) >= 11 is 0. The van der Waals surface area contributed by atoms with E-state index in [4.69, 9.17) is 10.8 Å². The lowest BCUT2D eigenvalue weighted by Crippen LogP contribution is -2.41. The number of rotatable bonds is 3. The molecule has 1 unspecified atom stereocenters. The first-order valence-corrected chi connectivity index (χ1v) is 4.07. The van der Waals surface area contributed by atoms with E-state index in [2.05, 4.69) is 0 Å². The van der Waals surface area contributed by atoms with E-state index < -0.39 is 11.3 Å². The average Bonchev–Trinajstić information content (AvgIpc) is 2.17. The molecule has 0 spiro atoms. The minimum Gasteiger partial charge on any atom is -0.395 e. The highest BCUT2D eigenvalue weighted by atomic mass is 16.3. The van der Waals surface area contributed by atoms with Gasteiger partial charge in [-0.05, 0) is 12.5 Å². The Morgan fingerprint density at radius 2 is 2.00 bits per heavy atom. The minimum atomic E-state index is -0.971. The number of carbonyl (C=O) groups is 1. The average molecular weight is 179 g/mol. The van der Waals surface area contributed by atoms with Crippen molar-refractivity contribution in [2.75, 3.05) is 6.61 Å². The topological polar surface area (TPSA) is 63.3 Å². The molecule has 0 bridgehead atoms. The molecule has 0 aliphatic rings. The molecule has 1 amide bonds. The first kappa shape index (κ1) is 9.74. The standard InChI is InChI=1S/C10H13NO2/c1-10(7-12,9(11)13)8-5-3-2-4-6-8/h2-6,12H,7H2,1H3,(H2,11,13). The molecule has 0 aliphatic heterocycles. The molecule has 1 aromatic carbocycles. The van der Waals surface area contributed by atoms with E-state index >= 15 is 0 Å². The number of primary amides is 1. The fraction of sp³-hybridized carbons (Fsp3) is 0.300. The second-order valence-corrected chi connectivity index (χ2v) is 3.22. The lowest BCUT2D eigenvalue weighted by Gasteiger charge is -2.23. The Morgan fingerprint density at radius 1 is 1.46 bits per heavy atom. The van der Waals surface area contributed by atoms with Crippen LogP contribution in [0.5, 0.6) is 0 Å². The number of hydrogen-bond acceptors (Lipinski definition) is 2. The highest BCUT2D eigenvalue weighted by Crippen LogP contribution is 2.22. The largest absolute Gasteiger partial charge is 0.395 e. The third-order valence-electron chi connectivity index (χ3n) is 2.27. The van der Waals surface area contributed by atoms with Crippen LogP contribution in [0.4, 0.5) is 0 Å². The van der Waals surface area contributed by atoms with Crippen molar-refractivity contribution in [1.82, 2.24) is 0 Å². The first-order valence-electron chi connectivity index (χ1n) is 4.07. The van der Waals surface area contributed by atoms with Gasteiger partial charge in [0.15, 0.2) is 0 Å². The van der Waals surface area contributed by atoms with E-state index in [0.29, 0.717) is 0 Å². The summed E-state index contributed by atoms with van der Waals surface area (Å²) in [4.78, 5) is 11.1. The quantitative estimate of drug-likeness (QED) is 0.706. The summed E-state index contributed by atoms with van der Waals surface area (Å²) in [6.07, 6.45) is 0. The Labute approximate surface area is 77.2 Å². The third kappa shape index (κ3) is 1.70. The molecule has 0 radical (unpaired) electrons. The highest BCUT2D eigenvalue weighted by molar-refractivity contribution is 5.86. The summed E-state index contributed by atoms with van der Waals surface area (Å²) in [7, 11) is 0. The van der Waals surface area contributed by atoms with Gasteiger partial charge in [-0.1, -0.05) is 30.3 Å². The van der Waals surface area contributed by atoms with Gasteiger partial charge in [0.2, 0.25) is 5.91 Å². The molecule has 3 N–H and O–H groups in total. The van der Waals surface area contributed by atoms with Crippen LogP contribution in [-0.4, -0.2) is 17.6 Å². The van der Waals surface area contributed by atoms with Gasteiger partial charge in [-0.25, -0.2) is 0 Å². The van der Waals surface area contributed by atoms with Crippen molar-refractivity contribution < 1.29 is 9.90 Å². The molecule has 0 aliphatic carbocycles. The van der Waals surface area contributed by atoms with Gasteiger partial charge in [-0.15, -0.1) is 0 Å². The van der Waals surface area contributed by atoms with Gasteiger partial charge in [0.1, 0.15) is 0 Å². The number of aliphatic hydroxyl groups excluding tert-OH is 1. The summed E-state index contributed by atoms with van der Waals surface area (Å²) < 4.78 is 0. The number of aliphatic hydroxyl groups is 1. The van der Waals surface area contributed by atoms with Crippen molar-refractivity contribution in [1.29, 1.82) is 0 Å². The maximum absolute atomic E-state index is 11.1. The summed E-state index contributed by atoms with van der Waals surface area (Å²) in [5, 5.41) is 9.11. The van der Waals surface area contributed by atoms with Crippen LogP contribution in [0.25, 0.3) is 0 Å². The lowest BCUT2D eigenvalue weighted by atomic mass is 9.83. The number of nitrogens with two attached hydrogens (primary N) is 1. The zero-order valence-corrected chi connectivity index (χ0v) is 7.53. The molecule has 0 fully saturated rings. The summed E-state index contributed by atoms with van der Waals surface area (Å²) in [6.45, 7) is 1.36. The number of carbonyl (C=O) groups excluding carboxylic acids is 1. The molecule has 3 nitrogen and oxygen atoms in total. The zero-order chi connectivity index (χ0) is 9.90. The molecule has 0 saturated heterocycles. The lowest BCUT2D eigenvalue weighted by molar-refractivity contribution is -0.124. The third-order valence-corrected chi connectivity index (χ3v) is 2.27. The smallest absolute Gasteiger partial charge is 0.230 e. The monoisotopic (exact) mass is 179 g/mol. The Morgan fingerprint density at radius 3 is 2.38 bits per heavy atom. The predicted octanol–water partition coefficient (Wildman–Crippen LogP) is 0.422. The molecular formula is C10H13NO2. The molecule has 1 atom stereocenters. The fourth-order valence-electron chi connectivity index (χ4n) is 1.12. The zero-order valence-electron chi connectivity index (χ0n) is 7.53.